The molecule has 6 rings (SSSR count). The molecule has 1 heterocycles. The molecule has 0 saturated heterocycles. The lowest BCUT2D eigenvalue weighted by Gasteiger charge is -2.28. The fourth-order valence-electron chi connectivity index (χ4n) is 5.27. The number of benzene rings is 5. The highest BCUT2D eigenvalue weighted by atomic mass is 16.7. The third-order valence-corrected chi connectivity index (χ3v) is 7.11. The van der Waals surface area contributed by atoms with E-state index in [1.54, 1.807) is 0 Å². The number of ether oxygens (including phenoxy) is 4. The monoisotopic (exact) mass is 514 g/mol. The third-order valence-electron chi connectivity index (χ3n) is 7.11. The Morgan fingerprint density at radius 3 is 1.38 bits per heavy atom. The molecule has 0 aliphatic carbocycles. The molecule has 1 aliphatic rings. The summed E-state index contributed by atoms with van der Waals surface area (Å²) in [6, 6.07) is 32.5. The summed E-state index contributed by atoms with van der Waals surface area (Å²) in [5.41, 5.74) is 3.65. The molecule has 5 aromatic carbocycles. The maximum atomic E-state index is 6.93. The van der Waals surface area contributed by atoms with Crippen molar-refractivity contribution in [1.29, 1.82) is 0 Å². The molecule has 4 nitrogen and oxygen atoms in total. The van der Waals surface area contributed by atoms with Crippen molar-refractivity contribution >= 4 is 33.1 Å². The Balaban J connectivity index is 1.64. The first-order valence-corrected chi connectivity index (χ1v) is 13.2. The van der Waals surface area contributed by atoms with Gasteiger partial charge in [0.05, 0.1) is 13.2 Å². The van der Waals surface area contributed by atoms with E-state index in [4.69, 9.17) is 18.9 Å². The first-order chi connectivity index (χ1) is 19.1. The molecule has 0 bridgehead atoms. The average Bonchev–Trinajstić information content (AvgIpc) is 3.40. The molecule has 194 valence electrons. The van der Waals surface area contributed by atoms with Crippen LogP contribution in [0.2, 0.25) is 0 Å². The minimum absolute atomic E-state index is 0.549. The Bertz CT molecular complexity index is 1580. The molecule has 0 saturated carbocycles. The summed E-state index contributed by atoms with van der Waals surface area (Å²) in [5, 5.41) is 3.90. The topological polar surface area (TPSA) is 36.9 Å². The van der Waals surface area contributed by atoms with E-state index in [2.05, 4.69) is 37.4 Å². The fourth-order valence-corrected chi connectivity index (χ4v) is 5.27. The molecule has 4 heteroatoms. The molecular formula is C35H30O4. The molecule has 0 radical (unpaired) electrons. The molecule has 39 heavy (non-hydrogen) atoms. The van der Waals surface area contributed by atoms with E-state index < -0.39 is 5.79 Å². The summed E-state index contributed by atoms with van der Waals surface area (Å²) >= 11 is 0. The van der Waals surface area contributed by atoms with E-state index in [0.717, 1.165) is 43.8 Å². The van der Waals surface area contributed by atoms with Crippen LogP contribution in [0.4, 0.5) is 0 Å². The van der Waals surface area contributed by atoms with Gasteiger partial charge >= 0.3 is 5.79 Å². The average molecular weight is 515 g/mol. The predicted molar refractivity (Wildman–Crippen MR) is 158 cm³/mol. The maximum absolute atomic E-state index is 6.93. The maximum Gasteiger partial charge on any atom is 0.305 e. The van der Waals surface area contributed by atoms with Gasteiger partial charge in [-0.05, 0) is 48.9 Å². The van der Waals surface area contributed by atoms with E-state index >= 15 is 0 Å². The molecule has 0 amide bonds. The first-order valence-electron chi connectivity index (χ1n) is 13.2. The van der Waals surface area contributed by atoms with Crippen LogP contribution in [0.25, 0.3) is 33.1 Å². The molecule has 0 fully saturated rings. The summed E-state index contributed by atoms with van der Waals surface area (Å²) in [5.74, 6) is 1.53. The van der Waals surface area contributed by atoms with Crippen molar-refractivity contribution in [3.05, 3.63) is 132 Å². The minimum atomic E-state index is -1.13. The standard InChI is InChI=1S/C35H30O4/c1-5-36-23(3)25-17-19-29-31(21-25)32-22-26(24(4)37-6-2)18-20-30(32)34-33(29)38-35(39-34,27-13-9-7-10-14-27)28-15-11-8-12-16-28/h7-22H,3-6H2,1-2H3. The molecule has 0 spiro atoms. The van der Waals surface area contributed by atoms with Gasteiger partial charge in [0.2, 0.25) is 0 Å². The van der Waals surface area contributed by atoms with Gasteiger partial charge in [-0.25, -0.2) is 0 Å². The highest BCUT2D eigenvalue weighted by molar-refractivity contribution is 6.15. The Morgan fingerprint density at radius 1 is 0.590 bits per heavy atom. The Hall–Kier alpha value is -4.70. The van der Waals surface area contributed by atoms with Gasteiger partial charge in [0, 0.05) is 33.0 Å². The second kappa shape index (κ2) is 9.88. The fraction of sp³-hybridized carbons (Fsp3) is 0.143. The van der Waals surface area contributed by atoms with Crippen molar-refractivity contribution in [2.45, 2.75) is 19.6 Å². The van der Waals surface area contributed by atoms with Crippen LogP contribution < -0.4 is 9.47 Å². The lowest BCUT2D eigenvalue weighted by Crippen LogP contribution is -2.36. The van der Waals surface area contributed by atoms with Crippen LogP contribution in [-0.2, 0) is 15.3 Å². The molecule has 0 aromatic heterocycles. The van der Waals surface area contributed by atoms with Crippen LogP contribution in [0.15, 0.2) is 110 Å². The molecular weight excluding hydrogens is 484 g/mol. The van der Waals surface area contributed by atoms with Crippen molar-refractivity contribution in [2.75, 3.05) is 13.2 Å². The second-order valence-electron chi connectivity index (χ2n) is 9.44. The number of hydrogen-bond donors (Lipinski definition) is 0. The third kappa shape index (κ3) is 4.09. The van der Waals surface area contributed by atoms with Gasteiger partial charge in [0.1, 0.15) is 11.5 Å². The van der Waals surface area contributed by atoms with Crippen LogP contribution in [0, 0.1) is 0 Å². The lowest BCUT2D eigenvalue weighted by molar-refractivity contribution is -0.0447. The highest BCUT2D eigenvalue weighted by Gasteiger charge is 2.47. The summed E-state index contributed by atoms with van der Waals surface area (Å²) in [4.78, 5) is 0. The summed E-state index contributed by atoms with van der Waals surface area (Å²) < 4.78 is 25.3. The van der Waals surface area contributed by atoms with Gasteiger partial charge in [-0.3, -0.25) is 0 Å². The van der Waals surface area contributed by atoms with Gasteiger partial charge in [-0.2, -0.15) is 0 Å². The van der Waals surface area contributed by atoms with Crippen molar-refractivity contribution in [3.8, 4) is 11.5 Å². The van der Waals surface area contributed by atoms with Gasteiger partial charge < -0.3 is 18.9 Å². The van der Waals surface area contributed by atoms with Crippen molar-refractivity contribution < 1.29 is 18.9 Å². The van der Waals surface area contributed by atoms with E-state index in [1.807, 2.05) is 86.6 Å². The van der Waals surface area contributed by atoms with Crippen molar-refractivity contribution in [3.63, 3.8) is 0 Å². The second-order valence-corrected chi connectivity index (χ2v) is 9.44. The van der Waals surface area contributed by atoms with Gasteiger partial charge in [0.25, 0.3) is 0 Å². The molecule has 0 N–H and O–H groups in total. The zero-order chi connectivity index (χ0) is 27.0. The number of rotatable bonds is 8. The number of fused-ring (bicyclic) bond motifs is 6. The van der Waals surface area contributed by atoms with Crippen molar-refractivity contribution in [1.82, 2.24) is 0 Å². The molecule has 1 aliphatic heterocycles. The Kier molecular flexibility index (Phi) is 6.24. The largest absolute Gasteiger partial charge is 0.494 e. The smallest absolute Gasteiger partial charge is 0.305 e. The Morgan fingerprint density at radius 2 is 1.00 bits per heavy atom. The van der Waals surface area contributed by atoms with Crippen LogP contribution in [0.3, 0.4) is 0 Å². The van der Waals surface area contributed by atoms with Crippen LogP contribution in [0.5, 0.6) is 11.5 Å². The molecule has 0 unspecified atom stereocenters. The SMILES string of the molecule is C=C(OCC)c1ccc2c3c(c4ccc(C(=C)OCC)cc4c2c1)OC(c1ccccc1)(c1ccccc1)O3. The minimum Gasteiger partial charge on any atom is -0.494 e. The normalized spacial score (nSPS) is 13.4. The number of hydrogen-bond acceptors (Lipinski definition) is 4. The predicted octanol–water partition coefficient (Wildman–Crippen LogP) is 8.68. The van der Waals surface area contributed by atoms with Crippen LogP contribution in [-0.4, -0.2) is 13.2 Å². The molecule has 0 atom stereocenters. The van der Waals surface area contributed by atoms with Crippen LogP contribution in [0.1, 0.15) is 36.1 Å². The molecule has 5 aromatic rings. The van der Waals surface area contributed by atoms with Gasteiger partial charge in [-0.15, -0.1) is 0 Å². The lowest BCUT2D eigenvalue weighted by atomic mass is 9.96. The van der Waals surface area contributed by atoms with Crippen LogP contribution >= 0.6 is 0 Å². The zero-order valence-electron chi connectivity index (χ0n) is 22.2. The summed E-state index contributed by atoms with van der Waals surface area (Å²) in [7, 11) is 0. The summed E-state index contributed by atoms with van der Waals surface area (Å²) in [6.07, 6.45) is 0. The van der Waals surface area contributed by atoms with Gasteiger partial charge in [-0.1, -0.05) is 86.0 Å². The van der Waals surface area contributed by atoms with E-state index in [0.29, 0.717) is 36.2 Å². The van der Waals surface area contributed by atoms with E-state index in [-0.39, 0.29) is 0 Å². The van der Waals surface area contributed by atoms with E-state index in [1.165, 1.54) is 0 Å². The van der Waals surface area contributed by atoms with Crippen molar-refractivity contribution in [2.24, 2.45) is 0 Å². The Labute approximate surface area is 228 Å². The van der Waals surface area contributed by atoms with E-state index in [9.17, 15) is 0 Å². The first kappa shape index (κ1) is 24.6. The van der Waals surface area contributed by atoms with Gasteiger partial charge in [0.15, 0.2) is 11.5 Å². The highest BCUT2D eigenvalue weighted by Crippen LogP contribution is 2.55. The summed E-state index contributed by atoms with van der Waals surface area (Å²) in [6.45, 7) is 13.3. The quantitative estimate of drug-likeness (QED) is 0.153. The zero-order valence-corrected chi connectivity index (χ0v) is 22.2.